The summed E-state index contributed by atoms with van der Waals surface area (Å²) in [6.45, 7) is 2.68. The van der Waals surface area contributed by atoms with E-state index in [0.29, 0.717) is 12.5 Å². The minimum atomic E-state index is -0.804. The van der Waals surface area contributed by atoms with Crippen LogP contribution in [0, 0.1) is 0 Å². The molecule has 1 aromatic rings. The zero-order chi connectivity index (χ0) is 13.0. The first-order chi connectivity index (χ1) is 8.69. The molecule has 1 unspecified atom stereocenters. The average Bonchev–Trinajstić information content (AvgIpc) is 2.32. The summed E-state index contributed by atoms with van der Waals surface area (Å²) in [5.74, 6) is -0.226. The summed E-state index contributed by atoms with van der Waals surface area (Å²) in [6.07, 6.45) is -0.137. The lowest BCUT2D eigenvalue weighted by molar-refractivity contribution is -0.140. The van der Waals surface area contributed by atoms with Gasteiger partial charge in [0.25, 0.3) is 0 Å². The van der Waals surface area contributed by atoms with Gasteiger partial charge in [0.2, 0.25) is 0 Å². The average molecular weight is 249 g/mol. The zero-order valence-corrected chi connectivity index (χ0v) is 10.6. The molecule has 1 saturated heterocycles. The Morgan fingerprint density at radius 3 is 2.67 bits per heavy atom. The van der Waals surface area contributed by atoms with Gasteiger partial charge in [-0.15, -0.1) is 0 Å². The zero-order valence-electron chi connectivity index (χ0n) is 10.6. The number of carboxylic acids is 1. The van der Waals surface area contributed by atoms with Gasteiger partial charge in [-0.1, -0.05) is 30.3 Å². The van der Waals surface area contributed by atoms with E-state index >= 15 is 0 Å². The molecule has 98 valence electrons. The lowest BCUT2D eigenvalue weighted by atomic mass is 9.91. The number of nitrogens with zero attached hydrogens (tertiary/aromatic N) is 1. The van der Waals surface area contributed by atoms with Crippen molar-refractivity contribution in [2.45, 2.75) is 18.4 Å². The van der Waals surface area contributed by atoms with E-state index in [1.165, 1.54) is 5.56 Å². The summed E-state index contributed by atoms with van der Waals surface area (Å²) in [7, 11) is 1.57. The highest BCUT2D eigenvalue weighted by Crippen LogP contribution is 2.27. The van der Waals surface area contributed by atoms with Crippen LogP contribution in [-0.4, -0.2) is 48.8 Å². The van der Waals surface area contributed by atoms with Crippen molar-refractivity contribution in [2.24, 2.45) is 0 Å². The van der Waals surface area contributed by atoms with E-state index in [-0.39, 0.29) is 12.5 Å². The Balaban J connectivity index is 1.77. The third-order valence-electron chi connectivity index (χ3n) is 3.43. The number of aliphatic carboxylic acids is 1. The van der Waals surface area contributed by atoms with Gasteiger partial charge in [-0.3, -0.25) is 9.69 Å². The fraction of sp³-hybridized carbons (Fsp3) is 0.500. The van der Waals surface area contributed by atoms with Gasteiger partial charge in [0.15, 0.2) is 0 Å². The Morgan fingerprint density at radius 2 is 2.11 bits per heavy atom. The van der Waals surface area contributed by atoms with Crippen LogP contribution in [0.2, 0.25) is 0 Å². The molecule has 0 spiro atoms. The highest BCUT2D eigenvalue weighted by Gasteiger charge is 2.30. The Kier molecular flexibility index (Phi) is 4.33. The first-order valence-electron chi connectivity index (χ1n) is 6.21. The van der Waals surface area contributed by atoms with E-state index < -0.39 is 5.97 Å². The minimum Gasteiger partial charge on any atom is -0.481 e. The molecule has 0 aliphatic carbocycles. The van der Waals surface area contributed by atoms with Gasteiger partial charge >= 0.3 is 5.97 Å². The second-order valence-corrected chi connectivity index (χ2v) is 4.78. The fourth-order valence-electron chi connectivity index (χ4n) is 2.36. The molecule has 2 rings (SSSR count). The summed E-state index contributed by atoms with van der Waals surface area (Å²) in [6, 6.07) is 10.4. The molecule has 1 heterocycles. The van der Waals surface area contributed by atoms with Gasteiger partial charge in [0.1, 0.15) is 0 Å². The molecule has 0 aromatic heterocycles. The molecule has 0 radical (unpaired) electrons. The fourth-order valence-corrected chi connectivity index (χ4v) is 2.36. The number of ether oxygens (including phenoxy) is 1. The number of benzene rings is 1. The Labute approximate surface area is 107 Å². The summed E-state index contributed by atoms with van der Waals surface area (Å²) < 4.78 is 5.19. The second-order valence-electron chi connectivity index (χ2n) is 4.78. The molecular formula is C14H19NO3. The highest BCUT2D eigenvalue weighted by atomic mass is 16.5. The lowest BCUT2D eigenvalue weighted by Gasteiger charge is -2.41. The predicted octanol–water partition coefficient (Wildman–Crippen LogP) is 1.58. The van der Waals surface area contributed by atoms with Crippen molar-refractivity contribution in [3.8, 4) is 0 Å². The molecule has 1 N–H and O–H groups in total. The van der Waals surface area contributed by atoms with Crippen LogP contribution in [0.15, 0.2) is 30.3 Å². The van der Waals surface area contributed by atoms with Crippen molar-refractivity contribution in [3.63, 3.8) is 0 Å². The summed E-state index contributed by atoms with van der Waals surface area (Å²) in [4.78, 5) is 12.9. The Morgan fingerprint density at radius 1 is 1.44 bits per heavy atom. The Hall–Kier alpha value is -1.39. The van der Waals surface area contributed by atoms with Crippen LogP contribution in [-0.2, 0) is 9.53 Å². The first kappa shape index (κ1) is 13.1. The van der Waals surface area contributed by atoms with Gasteiger partial charge in [-0.25, -0.2) is 0 Å². The SMILES string of the molecule is COC(CC(=O)O)CN1CC(c2ccccc2)C1. The topological polar surface area (TPSA) is 49.8 Å². The van der Waals surface area contributed by atoms with E-state index in [1.807, 2.05) is 6.07 Å². The predicted molar refractivity (Wildman–Crippen MR) is 68.7 cm³/mol. The second kappa shape index (κ2) is 5.98. The van der Waals surface area contributed by atoms with Gasteiger partial charge < -0.3 is 9.84 Å². The van der Waals surface area contributed by atoms with E-state index in [1.54, 1.807) is 7.11 Å². The highest BCUT2D eigenvalue weighted by molar-refractivity contribution is 5.67. The number of methoxy groups -OCH3 is 1. The van der Waals surface area contributed by atoms with Crippen molar-refractivity contribution in [3.05, 3.63) is 35.9 Å². The van der Waals surface area contributed by atoms with Crippen molar-refractivity contribution < 1.29 is 14.6 Å². The minimum absolute atomic E-state index is 0.0724. The standard InChI is InChI=1S/C14H19NO3/c1-18-13(7-14(16)17)10-15-8-12(9-15)11-5-3-2-4-6-11/h2-6,12-13H,7-10H2,1H3,(H,16,17). The van der Waals surface area contributed by atoms with Crippen LogP contribution in [0.5, 0.6) is 0 Å². The first-order valence-corrected chi connectivity index (χ1v) is 6.21. The molecule has 0 amide bonds. The molecule has 1 aliphatic heterocycles. The quantitative estimate of drug-likeness (QED) is 0.831. The summed E-state index contributed by atoms with van der Waals surface area (Å²) >= 11 is 0. The third-order valence-corrected chi connectivity index (χ3v) is 3.43. The Bertz CT molecular complexity index is 387. The van der Waals surface area contributed by atoms with Crippen molar-refractivity contribution in [1.82, 2.24) is 4.90 Å². The van der Waals surface area contributed by atoms with Crippen molar-refractivity contribution >= 4 is 5.97 Å². The van der Waals surface area contributed by atoms with Gasteiger partial charge in [0, 0.05) is 32.7 Å². The van der Waals surface area contributed by atoms with Crippen LogP contribution in [0.25, 0.3) is 0 Å². The monoisotopic (exact) mass is 249 g/mol. The smallest absolute Gasteiger partial charge is 0.306 e. The van der Waals surface area contributed by atoms with Crippen molar-refractivity contribution in [2.75, 3.05) is 26.7 Å². The molecule has 1 aromatic carbocycles. The maximum Gasteiger partial charge on any atom is 0.306 e. The molecule has 0 saturated carbocycles. The van der Waals surface area contributed by atoms with Crippen LogP contribution >= 0.6 is 0 Å². The van der Waals surface area contributed by atoms with Crippen LogP contribution in [0.4, 0.5) is 0 Å². The largest absolute Gasteiger partial charge is 0.481 e. The maximum atomic E-state index is 10.6. The normalized spacial score (nSPS) is 18.3. The summed E-state index contributed by atoms with van der Waals surface area (Å²) in [5.41, 5.74) is 1.36. The van der Waals surface area contributed by atoms with E-state index in [9.17, 15) is 4.79 Å². The maximum absolute atomic E-state index is 10.6. The van der Waals surface area contributed by atoms with E-state index in [2.05, 4.69) is 29.2 Å². The number of hydrogen-bond donors (Lipinski definition) is 1. The molecule has 4 nitrogen and oxygen atoms in total. The molecule has 1 aliphatic rings. The number of likely N-dealkylation sites (tertiary alicyclic amines) is 1. The van der Waals surface area contributed by atoms with E-state index in [4.69, 9.17) is 9.84 Å². The molecule has 18 heavy (non-hydrogen) atoms. The van der Waals surface area contributed by atoms with Crippen LogP contribution < -0.4 is 0 Å². The third kappa shape index (κ3) is 3.31. The molecule has 4 heteroatoms. The van der Waals surface area contributed by atoms with Gasteiger partial charge in [-0.2, -0.15) is 0 Å². The van der Waals surface area contributed by atoms with E-state index in [0.717, 1.165) is 13.1 Å². The molecule has 1 atom stereocenters. The molecule has 1 fully saturated rings. The van der Waals surface area contributed by atoms with Gasteiger partial charge in [-0.05, 0) is 5.56 Å². The molecule has 0 bridgehead atoms. The molecular weight excluding hydrogens is 230 g/mol. The van der Waals surface area contributed by atoms with Crippen LogP contribution in [0.1, 0.15) is 17.9 Å². The number of hydrogen-bond acceptors (Lipinski definition) is 3. The number of carboxylic acid groups (broad SMARTS) is 1. The van der Waals surface area contributed by atoms with Gasteiger partial charge in [0.05, 0.1) is 12.5 Å². The van der Waals surface area contributed by atoms with Crippen molar-refractivity contribution in [1.29, 1.82) is 0 Å². The summed E-state index contributed by atoms with van der Waals surface area (Å²) in [5, 5.41) is 8.75. The van der Waals surface area contributed by atoms with Crippen LogP contribution in [0.3, 0.4) is 0 Å². The lowest BCUT2D eigenvalue weighted by Crippen LogP contribution is -2.48. The number of rotatable bonds is 6. The number of carbonyl (C=O) groups is 1.